The third kappa shape index (κ3) is 5.64. The minimum Gasteiger partial charge on any atom is -0.496 e. The van der Waals surface area contributed by atoms with Gasteiger partial charge in [-0.15, -0.1) is 0 Å². The molecule has 1 amide bonds. The molecule has 0 radical (unpaired) electrons. The van der Waals surface area contributed by atoms with Gasteiger partial charge in [-0.3, -0.25) is 4.90 Å². The highest BCUT2D eigenvalue weighted by Crippen LogP contribution is 2.42. The van der Waals surface area contributed by atoms with E-state index in [2.05, 4.69) is 0 Å². The second kappa shape index (κ2) is 10.0. The quantitative estimate of drug-likeness (QED) is 0.442. The van der Waals surface area contributed by atoms with Gasteiger partial charge in [0.2, 0.25) is 0 Å². The summed E-state index contributed by atoms with van der Waals surface area (Å²) in [5.74, 6) is 0.691. The van der Waals surface area contributed by atoms with E-state index in [1.807, 2.05) is 25.1 Å². The lowest BCUT2D eigenvalue weighted by Gasteiger charge is -2.28. The number of cyclic esters (lactones) is 1. The molecule has 2 aromatic rings. The third-order valence-electron chi connectivity index (χ3n) is 7.32. The van der Waals surface area contributed by atoms with Crippen LogP contribution in [-0.2, 0) is 16.5 Å². The Hall–Kier alpha value is -3.00. The normalized spacial score (nSPS) is 20.9. The molecule has 4 rings (SSSR count). The van der Waals surface area contributed by atoms with Gasteiger partial charge in [-0.05, 0) is 99.9 Å². The van der Waals surface area contributed by atoms with Crippen molar-refractivity contribution in [2.75, 3.05) is 13.7 Å². The smallest absolute Gasteiger partial charge is 0.416 e. The van der Waals surface area contributed by atoms with Gasteiger partial charge < -0.3 is 14.6 Å². The van der Waals surface area contributed by atoms with Crippen LogP contribution in [0.2, 0.25) is 0 Å². The SMILES string of the molecule is COc1ccc(C(C)(C)O)cc1C1=C(CN2C(=O)O[C@H](c3cc(C)cc(C(F)(F)F)c3)[C@@H]2C)CCCC1. The number of aryl methyl sites for hydroxylation is 1. The molecule has 2 atom stereocenters. The summed E-state index contributed by atoms with van der Waals surface area (Å²) in [5, 5.41) is 10.6. The second-order valence-electron chi connectivity index (χ2n) is 10.6. The van der Waals surface area contributed by atoms with Crippen LogP contribution in [0.4, 0.5) is 18.0 Å². The van der Waals surface area contributed by atoms with Crippen molar-refractivity contribution in [3.8, 4) is 5.75 Å². The molecule has 0 unspecified atom stereocenters. The maximum atomic E-state index is 13.4. The average molecular weight is 518 g/mol. The molecular formula is C29H34F3NO4. The topological polar surface area (TPSA) is 59.0 Å². The lowest BCUT2D eigenvalue weighted by atomic mass is 9.84. The van der Waals surface area contributed by atoms with Crippen molar-refractivity contribution in [2.45, 2.75) is 77.3 Å². The van der Waals surface area contributed by atoms with Crippen LogP contribution in [0.25, 0.3) is 5.57 Å². The number of amides is 1. The van der Waals surface area contributed by atoms with Crippen LogP contribution >= 0.6 is 0 Å². The van der Waals surface area contributed by atoms with E-state index in [4.69, 9.17) is 9.47 Å². The number of methoxy groups -OCH3 is 1. The Morgan fingerprint density at radius 2 is 1.78 bits per heavy atom. The number of ether oxygens (including phenoxy) is 2. The molecule has 1 N–H and O–H groups in total. The molecule has 0 spiro atoms. The van der Waals surface area contributed by atoms with E-state index in [9.17, 15) is 23.1 Å². The molecule has 5 nitrogen and oxygen atoms in total. The highest BCUT2D eigenvalue weighted by molar-refractivity contribution is 5.77. The van der Waals surface area contributed by atoms with Crippen molar-refractivity contribution < 1.29 is 32.5 Å². The first kappa shape index (κ1) is 27.0. The number of carbonyl (C=O) groups is 1. The van der Waals surface area contributed by atoms with E-state index in [0.29, 0.717) is 23.4 Å². The van der Waals surface area contributed by atoms with Crippen molar-refractivity contribution in [2.24, 2.45) is 0 Å². The number of hydrogen-bond donors (Lipinski definition) is 1. The van der Waals surface area contributed by atoms with E-state index in [-0.39, 0.29) is 0 Å². The van der Waals surface area contributed by atoms with Gasteiger partial charge in [-0.25, -0.2) is 4.79 Å². The van der Waals surface area contributed by atoms with Gasteiger partial charge in [-0.1, -0.05) is 17.7 Å². The molecule has 1 aliphatic heterocycles. The first-order valence-corrected chi connectivity index (χ1v) is 12.6. The fourth-order valence-corrected chi connectivity index (χ4v) is 5.30. The summed E-state index contributed by atoms with van der Waals surface area (Å²) in [6, 6.07) is 8.99. The molecule has 1 heterocycles. The van der Waals surface area contributed by atoms with Crippen molar-refractivity contribution in [1.82, 2.24) is 4.90 Å². The summed E-state index contributed by atoms with van der Waals surface area (Å²) in [6.45, 7) is 7.19. The summed E-state index contributed by atoms with van der Waals surface area (Å²) < 4.78 is 51.5. The molecule has 8 heteroatoms. The zero-order chi connectivity index (χ0) is 27.1. The zero-order valence-electron chi connectivity index (χ0n) is 21.9. The van der Waals surface area contributed by atoms with E-state index < -0.39 is 35.6 Å². The number of rotatable bonds is 6. The number of allylic oxidation sites excluding steroid dienone is 1. The first-order valence-electron chi connectivity index (χ1n) is 12.6. The lowest BCUT2D eigenvalue weighted by molar-refractivity contribution is -0.137. The largest absolute Gasteiger partial charge is 0.496 e. The monoisotopic (exact) mass is 517 g/mol. The molecule has 0 bridgehead atoms. The number of alkyl halides is 3. The zero-order valence-corrected chi connectivity index (χ0v) is 21.9. The van der Waals surface area contributed by atoms with Gasteiger partial charge in [0.05, 0.1) is 24.3 Å². The summed E-state index contributed by atoms with van der Waals surface area (Å²) >= 11 is 0. The highest BCUT2D eigenvalue weighted by Gasteiger charge is 2.41. The Balaban J connectivity index is 1.68. The molecule has 0 saturated carbocycles. The Kier molecular flexibility index (Phi) is 7.34. The summed E-state index contributed by atoms with van der Waals surface area (Å²) in [6.07, 6.45) is -2.27. The second-order valence-corrected chi connectivity index (χ2v) is 10.6. The molecule has 2 aliphatic rings. The fraction of sp³-hybridized carbons (Fsp3) is 0.483. The average Bonchev–Trinajstić information content (AvgIpc) is 3.11. The van der Waals surface area contributed by atoms with Gasteiger partial charge in [-0.2, -0.15) is 13.2 Å². The van der Waals surface area contributed by atoms with Gasteiger partial charge in [0.1, 0.15) is 11.9 Å². The number of hydrogen-bond acceptors (Lipinski definition) is 4. The number of benzene rings is 2. The van der Waals surface area contributed by atoms with Crippen LogP contribution in [0.5, 0.6) is 5.75 Å². The molecule has 1 saturated heterocycles. The van der Waals surface area contributed by atoms with Gasteiger partial charge in [0.15, 0.2) is 0 Å². The fourth-order valence-electron chi connectivity index (χ4n) is 5.30. The van der Waals surface area contributed by atoms with E-state index >= 15 is 0 Å². The van der Waals surface area contributed by atoms with Crippen LogP contribution in [0, 0.1) is 6.92 Å². The summed E-state index contributed by atoms with van der Waals surface area (Å²) in [5.41, 5.74) is 2.82. The molecule has 1 aliphatic carbocycles. The Bertz CT molecular complexity index is 1210. The minimum atomic E-state index is -4.48. The third-order valence-corrected chi connectivity index (χ3v) is 7.32. The van der Waals surface area contributed by atoms with Gasteiger partial charge in [0, 0.05) is 12.1 Å². The molecule has 37 heavy (non-hydrogen) atoms. The standard InChI is InChI=1S/C29H34F3NO4/c1-17-12-20(14-22(13-17)29(30,31)32)26-18(2)33(27(34)37-26)16-19-8-6-7-9-23(19)24-15-21(28(3,4)35)10-11-25(24)36-5/h10-15,18,26,35H,6-9,16H2,1-5H3/t18-,26-/m0/s1. The van der Waals surface area contributed by atoms with Crippen LogP contribution in [0.15, 0.2) is 42.0 Å². The Morgan fingerprint density at radius 1 is 1.08 bits per heavy atom. The number of carbonyl (C=O) groups excluding carboxylic acids is 1. The summed E-state index contributed by atoms with van der Waals surface area (Å²) in [4.78, 5) is 14.6. The minimum absolute atomic E-state index is 0.319. The number of halogens is 3. The van der Waals surface area contributed by atoms with Crippen molar-refractivity contribution >= 4 is 11.7 Å². The predicted molar refractivity (Wildman–Crippen MR) is 135 cm³/mol. The lowest BCUT2D eigenvalue weighted by Crippen LogP contribution is -2.34. The number of aliphatic hydroxyl groups is 1. The molecular weight excluding hydrogens is 483 g/mol. The highest BCUT2D eigenvalue weighted by atomic mass is 19.4. The predicted octanol–water partition coefficient (Wildman–Crippen LogP) is 7.16. The van der Waals surface area contributed by atoms with E-state index in [1.54, 1.807) is 38.8 Å². The molecule has 200 valence electrons. The molecule has 0 aromatic heterocycles. The van der Waals surface area contributed by atoms with E-state index in [0.717, 1.165) is 60.1 Å². The number of nitrogens with zero attached hydrogens (tertiary/aromatic N) is 1. The van der Waals surface area contributed by atoms with E-state index in [1.165, 1.54) is 0 Å². The maximum absolute atomic E-state index is 13.4. The van der Waals surface area contributed by atoms with Crippen molar-refractivity contribution in [3.63, 3.8) is 0 Å². The van der Waals surface area contributed by atoms with Crippen LogP contribution < -0.4 is 4.74 Å². The molecule has 2 aromatic carbocycles. The Labute approximate surface area is 215 Å². The molecule has 1 fully saturated rings. The van der Waals surface area contributed by atoms with Crippen LogP contribution in [0.3, 0.4) is 0 Å². The maximum Gasteiger partial charge on any atom is 0.416 e. The van der Waals surface area contributed by atoms with Crippen molar-refractivity contribution in [3.05, 3.63) is 69.8 Å². The van der Waals surface area contributed by atoms with Crippen molar-refractivity contribution in [1.29, 1.82) is 0 Å². The van der Waals surface area contributed by atoms with Gasteiger partial charge in [0.25, 0.3) is 0 Å². The first-order chi connectivity index (χ1) is 17.3. The Morgan fingerprint density at radius 3 is 2.43 bits per heavy atom. The van der Waals surface area contributed by atoms with Crippen LogP contribution in [0.1, 0.15) is 80.4 Å². The summed E-state index contributed by atoms with van der Waals surface area (Å²) in [7, 11) is 1.60. The van der Waals surface area contributed by atoms with Crippen LogP contribution in [-0.4, -0.2) is 35.8 Å². The van der Waals surface area contributed by atoms with Gasteiger partial charge >= 0.3 is 12.3 Å².